The molecule has 3 atom stereocenters. The lowest BCUT2D eigenvalue weighted by Gasteiger charge is -2.31. The van der Waals surface area contributed by atoms with Crippen LogP contribution in [0, 0.1) is 0 Å². The van der Waals surface area contributed by atoms with E-state index in [-0.39, 0.29) is 16.9 Å². The average Bonchev–Trinajstić information content (AvgIpc) is 2.64. The molecule has 3 nitrogen and oxygen atoms in total. The van der Waals surface area contributed by atoms with Gasteiger partial charge in [-0.25, -0.2) is 0 Å². The van der Waals surface area contributed by atoms with E-state index in [4.69, 9.17) is 4.74 Å². The van der Waals surface area contributed by atoms with Crippen molar-refractivity contribution in [3.05, 3.63) is 71.3 Å². The number of nitrogens with one attached hydrogen (secondary N) is 1. The minimum atomic E-state index is -1.18. The van der Waals surface area contributed by atoms with Crippen molar-refractivity contribution in [2.75, 3.05) is 0 Å². The van der Waals surface area contributed by atoms with E-state index < -0.39 is 11.4 Å². The van der Waals surface area contributed by atoms with Gasteiger partial charge in [0.1, 0.15) is 10.8 Å². The summed E-state index contributed by atoms with van der Waals surface area (Å²) in [5, 5.41) is 0. The Bertz CT molecular complexity index is 669. The molecule has 0 aliphatic rings. The number of benzene rings is 2. The molecule has 2 aromatic carbocycles. The molecule has 0 amide bonds. The molecule has 142 valence electrons. The maximum absolute atomic E-state index is 12.7. The second-order valence-electron chi connectivity index (χ2n) is 7.58. The van der Waals surface area contributed by atoms with Crippen molar-refractivity contribution >= 4 is 11.4 Å². The van der Waals surface area contributed by atoms with Crippen LogP contribution in [0.1, 0.15) is 57.4 Å². The zero-order chi connectivity index (χ0) is 19.2. The fourth-order valence-electron chi connectivity index (χ4n) is 2.63. The fraction of sp³-hybridized carbons (Fsp3) is 0.455. The Morgan fingerprint density at radius 1 is 1.04 bits per heavy atom. The minimum absolute atomic E-state index is 0.117. The first-order valence-electron chi connectivity index (χ1n) is 9.23. The van der Waals surface area contributed by atoms with Crippen LogP contribution in [0.5, 0.6) is 0 Å². The highest BCUT2D eigenvalue weighted by Crippen LogP contribution is 2.25. The maximum atomic E-state index is 12.7. The van der Waals surface area contributed by atoms with E-state index in [0.717, 1.165) is 17.5 Å². The predicted octanol–water partition coefficient (Wildman–Crippen LogP) is 4.95. The quantitative estimate of drug-likeness (QED) is 0.666. The monoisotopic (exact) mass is 373 g/mol. The summed E-state index contributed by atoms with van der Waals surface area (Å²) in [6.07, 6.45) is 0.857. The van der Waals surface area contributed by atoms with Crippen LogP contribution < -0.4 is 4.72 Å². The van der Waals surface area contributed by atoms with E-state index in [2.05, 4.69) is 48.0 Å². The Balaban J connectivity index is 2.18. The molecule has 2 rings (SSSR count). The third kappa shape index (κ3) is 6.13. The molecule has 0 bridgehead atoms. The molecule has 0 radical (unpaired) electrons. The molecular formula is C22H31NO2S. The summed E-state index contributed by atoms with van der Waals surface area (Å²) in [6.45, 7) is 10.7. The number of hydrogen-bond donors (Lipinski definition) is 1. The predicted molar refractivity (Wildman–Crippen MR) is 110 cm³/mol. The lowest BCUT2D eigenvalue weighted by Crippen LogP contribution is -2.44. The summed E-state index contributed by atoms with van der Waals surface area (Å²) in [4.78, 5) is 0. The van der Waals surface area contributed by atoms with Crippen molar-refractivity contribution in [3.63, 3.8) is 0 Å². The molecule has 0 fully saturated rings. The molecule has 0 heterocycles. The van der Waals surface area contributed by atoms with Crippen molar-refractivity contribution < 1.29 is 9.29 Å². The van der Waals surface area contributed by atoms with Gasteiger partial charge in [0.05, 0.1) is 12.7 Å². The van der Waals surface area contributed by atoms with Crippen LogP contribution in [0.25, 0.3) is 0 Å². The van der Waals surface area contributed by atoms with Gasteiger partial charge in [-0.1, -0.05) is 61.5 Å². The van der Waals surface area contributed by atoms with Gasteiger partial charge in [-0.15, -0.1) is 4.72 Å². The van der Waals surface area contributed by atoms with E-state index in [0.29, 0.717) is 6.61 Å². The van der Waals surface area contributed by atoms with Crippen LogP contribution in [0.4, 0.5) is 0 Å². The van der Waals surface area contributed by atoms with Gasteiger partial charge >= 0.3 is 0 Å². The highest BCUT2D eigenvalue weighted by atomic mass is 32.2. The Labute approximate surface area is 161 Å². The van der Waals surface area contributed by atoms with Gasteiger partial charge in [0.15, 0.2) is 0 Å². The number of ether oxygens (including phenoxy) is 1. The van der Waals surface area contributed by atoms with Crippen molar-refractivity contribution in [1.29, 1.82) is 0 Å². The van der Waals surface area contributed by atoms with Gasteiger partial charge in [0.2, 0.25) is 0 Å². The lowest BCUT2D eigenvalue weighted by atomic mass is 10.00. The van der Waals surface area contributed by atoms with E-state index in [1.165, 1.54) is 5.56 Å². The highest BCUT2D eigenvalue weighted by molar-refractivity contribution is 7.90. The number of aryl methyl sites for hydroxylation is 1. The molecule has 1 N–H and O–H groups in total. The molecule has 0 spiro atoms. The number of rotatable bonds is 8. The normalized spacial score (nSPS) is 15.5. The maximum Gasteiger partial charge on any atom is 0.136 e. The standard InChI is InChI=1S/C22H31NO2S/c1-6-18-13-10-14-20(15-18)21(23-26(24)22(3,4)5)17(2)25-16-19-11-8-7-9-12-19/h7-15,17,21,23H,6,16H2,1-5H3. The third-order valence-corrected chi connectivity index (χ3v) is 5.91. The van der Waals surface area contributed by atoms with Crippen LogP contribution >= 0.6 is 0 Å². The summed E-state index contributed by atoms with van der Waals surface area (Å²) < 4.78 is 21.8. The Morgan fingerprint density at radius 3 is 2.31 bits per heavy atom. The SMILES string of the molecule is CCc1cccc(C(N[S+]([O-])C(C)(C)C)C(C)OCc2ccccc2)c1. The van der Waals surface area contributed by atoms with Crippen molar-refractivity contribution in [2.45, 2.75) is 64.5 Å². The Morgan fingerprint density at radius 2 is 1.69 bits per heavy atom. The van der Waals surface area contributed by atoms with Crippen molar-refractivity contribution in [3.8, 4) is 0 Å². The number of hydrogen-bond acceptors (Lipinski definition) is 3. The smallest absolute Gasteiger partial charge is 0.136 e. The molecule has 0 aliphatic carbocycles. The topological polar surface area (TPSA) is 44.3 Å². The largest absolute Gasteiger partial charge is 0.598 e. The summed E-state index contributed by atoms with van der Waals surface area (Å²) in [5.74, 6) is 0. The van der Waals surface area contributed by atoms with Crippen LogP contribution in [-0.4, -0.2) is 15.4 Å². The molecule has 0 saturated carbocycles. The van der Waals surface area contributed by atoms with E-state index in [1.807, 2.05) is 45.9 Å². The second kappa shape index (κ2) is 9.56. The molecule has 0 aliphatic heterocycles. The van der Waals surface area contributed by atoms with Crippen LogP contribution in [-0.2, 0) is 29.1 Å². The van der Waals surface area contributed by atoms with Crippen LogP contribution in [0.3, 0.4) is 0 Å². The molecule has 26 heavy (non-hydrogen) atoms. The van der Waals surface area contributed by atoms with Gasteiger partial charge in [-0.3, -0.25) is 0 Å². The van der Waals surface area contributed by atoms with Gasteiger partial charge < -0.3 is 9.29 Å². The summed E-state index contributed by atoms with van der Waals surface area (Å²) >= 11 is -1.18. The highest BCUT2D eigenvalue weighted by Gasteiger charge is 2.32. The molecule has 4 heteroatoms. The van der Waals surface area contributed by atoms with Crippen molar-refractivity contribution in [1.82, 2.24) is 4.72 Å². The zero-order valence-corrected chi connectivity index (χ0v) is 17.3. The minimum Gasteiger partial charge on any atom is -0.598 e. The second-order valence-corrected chi connectivity index (χ2v) is 9.57. The van der Waals surface area contributed by atoms with Gasteiger partial charge in [0.25, 0.3) is 0 Å². The summed E-state index contributed by atoms with van der Waals surface area (Å²) in [7, 11) is 0. The Hall–Kier alpha value is -1.33. The van der Waals surface area contributed by atoms with Gasteiger partial charge in [0, 0.05) is 11.4 Å². The molecular weight excluding hydrogens is 342 g/mol. The molecule has 0 aromatic heterocycles. The Kier molecular flexibility index (Phi) is 7.71. The molecule has 3 unspecified atom stereocenters. The van der Waals surface area contributed by atoms with E-state index in [1.54, 1.807) is 0 Å². The van der Waals surface area contributed by atoms with Crippen LogP contribution in [0.2, 0.25) is 0 Å². The summed E-state index contributed by atoms with van der Waals surface area (Å²) in [5.41, 5.74) is 3.52. The van der Waals surface area contributed by atoms with Crippen molar-refractivity contribution in [2.24, 2.45) is 0 Å². The lowest BCUT2D eigenvalue weighted by molar-refractivity contribution is 0.0317. The van der Waals surface area contributed by atoms with Gasteiger partial charge in [-0.2, -0.15) is 0 Å². The molecule has 2 aromatic rings. The van der Waals surface area contributed by atoms with E-state index >= 15 is 0 Å². The third-order valence-electron chi connectivity index (χ3n) is 4.33. The summed E-state index contributed by atoms with van der Waals surface area (Å²) in [6, 6.07) is 18.4. The first-order chi connectivity index (χ1) is 12.3. The first kappa shape index (κ1) is 21.0. The van der Waals surface area contributed by atoms with Gasteiger partial charge in [-0.05, 0) is 50.8 Å². The molecule has 0 saturated heterocycles. The first-order valence-corrected chi connectivity index (χ1v) is 10.4. The fourth-order valence-corrected chi connectivity index (χ4v) is 3.54. The van der Waals surface area contributed by atoms with E-state index in [9.17, 15) is 4.55 Å². The average molecular weight is 374 g/mol. The van der Waals surface area contributed by atoms with Crippen LogP contribution in [0.15, 0.2) is 54.6 Å². The zero-order valence-electron chi connectivity index (χ0n) is 16.5.